The maximum Gasteiger partial charge on any atom is 0.0543 e. The van der Waals surface area contributed by atoms with Crippen LogP contribution in [0.3, 0.4) is 0 Å². The molecule has 0 aliphatic carbocycles. The third-order valence-corrected chi connectivity index (χ3v) is 12.1. The van der Waals surface area contributed by atoms with E-state index in [2.05, 4.69) is 208 Å². The molecule has 10 aromatic rings. The second-order valence-corrected chi connectivity index (χ2v) is 15.7. The highest BCUT2D eigenvalue weighted by molar-refractivity contribution is 6.13. The second-order valence-electron chi connectivity index (χ2n) is 15.7. The molecule has 56 heavy (non-hydrogen) atoms. The van der Waals surface area contributed by atoms with Crippen molar-refractivity contribution >= 4 is 43.6 Å². The van der Waals surface area contributed by atoms with E-state index in [-0.39, 0.29) is 0 Å². The molecule has 0 saturated heterocycles. The summed E-state index contributed by atoms with van der Waals surface area (Å²) in [5.41, 5.74) is 22.6. The Morgan fingerprint density at radius 2 is 0.696 bits per heavy atom. The van der Waals surface area contributed by atoms with E-state index in [9.17, 15) is 0 Å². The van der Waals surface area contributed by atoms with Crippen LogP contribution in [0.1, 0.15) is 33.4 Å². The zero-order valence-electron chi connectivity index (χ0n) is 32.9. The molecule has 0 unspecified atom stereocenters. The predicted molar refractivity (Wildman–Crippen MR) is 240 cm³/mol. The lowest BCUT2D eigenvalue weighted by Gasteiger charge is -2.16. The quantitative estimate of drug-likeness (QED) is 0.168. The summed E-state index contributed by atoms with van der Waals surface area (Å²) in [6, 6.07) is 58.6. The van der Waals surface area contributed by atoms with Crippen molar-refractivity contribution in [1.82, 2.24) is 9.13 Å². The Kier molecular flexibility index (Phi) is 7.87. The second kappa shape index (κ2) is 13.0. The molecule has 0 saturated carbocycles. The molecule has 2 heterocycles. The SMILES string of the molecule is Cc1ccccc1-c1ccc2c(c1)c1c(C)cccc1n2-c1ccc(-c2ccc(-n3c4ccc(-c5ccccc5C)cc4c4c(C)cccc43)cc2C)c(C)c1. The maximum absolute atomic E-state index is 2.45. The van der Waals surface area contributed by atoms with Crippen molar-refractivity contribution in [3.63, 3.8) is 0 Å². The maximum atomic E-state index is 2.45. The number of hydrogen-bond acceptors (Lipinski definition) is 0. The fraction of sp³-hybridized carbons (Fsp3) is 0.111. The Morgan fingerprint density at radius 1 is 0.286 bits per heavy atom. The predicted octanol–water partition coefficient (Wildman–Crippen LogP) is 14.7. The van der Waals surface area contributed by atoms with Crippen LogP contribution in [-0.2, 0) is 0 Å². The first-order chi connectivity index (χ1) is 27.3. The highest BCUT2D eigenvalue weighted by atomic mass is 15.0. The number of rotatable bonds is 5. The molecule has 0 fully saturated rings. The summed E-state index contributed by atoms with van der Waals surface area (Å²) in [6.45, 7) is 13.4. The third kappa shape index (κ3) is 5.24. The Bertz CT molecular complexity index is 2990. The van der Waals surface area contributed by atoms with Crippen molar-refractivity contribution in [2.24, 2.45) is 0 Å². The molecule has 0 amide bonds. The molecule has 0 atom stereocenters. The van der Waals surface area contributed by atoms with Crippen LogP contribution in [0, 0.1) is 41.5 Å². The van der Waals surface area contributed by atoms with E-state index in [1.54, 1.807) is 0 Å². The van der Waals surface area contributed by atoms with Gasteiger partial charge in [-0.15, -0.1) is 0 Å². The largest absolute Gasteiger partial charge is 0.309 e. The molecular formula is C54H44N2. The van der Waals surface area contributed by atoms with Crippen LogP contribution in [0.25, 0.3) is 88.4 Å². The summed E-state index contributed by atoms with van der Waals surface area (Å²) in [4.78, 5) is 0. The number of aryl methyl sites for hydroxylation is 6. The van der Waals surface area contributed by atoms with Crippen LogP contribution in [-0.4, -0.2) is 9.13 Å². The summed E-state index contributed by atoms with van der Waals surface area (Å²) in [7, 11) is 0. The Hall–Kier alpha value is -6.64. The first-order valence-corrected chi connectivity index (χ1v) is 19.7. The summed E-state index contributed by atoms with van der Waals surface area (Å²) in [5, 5.41) is 5.22. The smallest absolute Gasteiger partial charge is 0.0543 e. The molecule has 2 nitrogen and oxygen atoms in total. The molecule has 10 rings (SSSR count). The fourth-order valence-corrected chi connectivity index (χ4v) is 9.36. The van der Waals surface area contributed by atoms with E-state index in [1.807, 2.05) is 0 Å². The van der Waals surface area contributed by atoms with Gasteiger partial charge in [0.1, 0.15) is 0 Å². The van der Waals surface area contributed by atoms with Gasteiger partial charge >= 0.3 is 0 Å². The van der Waals surface area contributed by atoms with Crippen molar-refractivity contribution in [1.29, 1.82) is 0 Å². The minimum absolute atomic E-state index is 1.18. The van der Waals surface area contributed by atoms with Gasteiger partial charge in [-0.25, -0.2) is 0 Å². The zero-order valence-corrected chi connectivity index (χ0v) is 32.9. The minimum Gasteiger partial charge on any atom is -0.309 e. The van der Waals surface area contributed by atoms with Gasteiger partial charge in [0.25, 0.3) is 0 Å². The lowest BCUT2D eigenvalue weighted by molar-refractivity contribution is 1.16. The van der Waals surface area contributed by atoms with Gasteiger partial charge in [-0.05, 0) is 169 Å². The van der Waals surface area contributed by atoms with Crippen molar-refractivity contribution in [3.8, 4) is 44.8 Å². The normalized spacial score (nSPS) is 11.8. The van der Waals surface area contributed by atoms with Crippen molar-refractivity contribution in [3.05, 3.63) is 191 Å². The Balaban J connectivity index is 1.07. The van der Waals surface area contributed by atoms with E-state index in [0.717, 1.165) is 0 Å². The van der Waals surface area contributed by atoms with E-state index in [0.29, 0.717) is 0 Å². The van der Waals surface area contributed by atoms with Gasteiger partial charge in [-0.3, -0.25) is 0 Å². The van der Waals surface area contributed by atoms with Crippen LogP contribution in [0.4, 0.5) is 0 Å². The number of aromatic nitrogens is 2. The van der Waals surface area contributed by atoms with Crippen LogP contribution < -0.4 is 0 Å². The molecule has 0 bridgehead atoms. The first-order valence-electron chi connectivity index (χ1n) is 19.7. The topological polar surface area (TPSA) is 9.86 Å². The molecule has 0 aliphatic rings. The van der Waals surface area contributed by atoms with Crippen LogP contribution in [0.15, 0.2) is 158 Å². The van der Waals surface area contributed by atoms with Crippen molar-refractivity contribution in [2.45, 2.75) is 41.5 Å². The Morgan fingerprint density at radius 3 is 1.11 bits per heavy atom. The minimum atomic E-state index is 1.18. The Labute approximate surface area is 328 Å². The van der Waals surface area contributed by atoms with Crippen LogP contribution in [0.5, 0.6) is 0 Å². The molecular weight excluding hydrogens is 677 g/mol. The van der Waals surface area contributed by atoms with Gasteiger partial charge in [0.2, 0.25) is 0 Å². The van der Waals surface area contributed by atoms with Gasteiger partial charge in [0, 0.05) is 32.9 Å². The lowest BCUT2D eigenvalue weighted by Crippen LogP contribution is -1.98. The number of fused-ring (bicyclic) bond motifs is 6. The van der Waals surface area contributed by atoms with Gasteiger partial charge in [-0.1, -0.05) is 97.1 Å². The monoisotopic (exact) mass is 720 g/mol. The highest BCUT2D eigenvalue weighted by Crippen LogP contribution is 2.40. The molecule has 2 heteroatoms. The summed E-state index contributed by atoms with van der Waals surface area (Å²) in [6.07, 6.45) is 0. The van der Waals surface area contributed by atoms with Gasteiger partial charge in [-0.2, -0.15) is 0 Å². The van der Waals surface area contributed by atoms with E-state index in [4.69, 9.17) is 0 Å². The molecule has 8 aromatic carbocycles. The van der Waals surface area contributed by atoms with Gasteiger partial charge < -0.3 is 9.13 Å². The average Bonchev–Trinajstić information content (AvgIpc) is 3.72. The molecule has 2 aromatic heterocycles. The summed E-state index contributed by atoms with van der Waals surface area (Å²) in [5.74, 6) is 0. The van der Waals surface area contributed by atoms with E-state index in [1.165, 1.54) is 122 Å². The van der Waals surface area contributed by atoms with E-state index < -0.39 is 0 Å². The molecule has 0 radical (unpaired) electrons. The van der Waals surface area contributed by atoms with Crippen LogP contribution in [0.2, 0.25) is 0 Å². The highest BCUT2D eigenvalue weighted by Gasteiger charge is 2.19. The van der Waals surface area contributed by atoms with Crippen LogP contribution >= 0.6 is 0 Å². The first kappa shape index (κ1) is 33.9. The molecule has 0 aliphatic heterocycles. The zero-order chi connectivity index (χ0) is 38.2. The van der Waals surface area contributed by atoms with Crippen molar-refractivity contribution in [2.75, 3.05) is 0 Å². The standard InChI is InChI=1S/C54H44N2/c1-33-13-7-9-17-43(33)39-21-27-49-47(31-39)53-35(3)15-11-19-51(53)55(49)41-23-25-45(37(5)29-41)46-26-24-42(30-38(46)6)56-50-28-22-40(44-18-10-8-14-34(44)2)32-48(50)54-36(4)16-12-20-52(54)56/h7-32H,1-6H3. The number of benzene rings is 8. The summed E-state index contributed by atoms with van der Waals surface area (Å²) < 4.78 is 4.89. The van der Waals surface area contributed by atoms with Gasteiger partial charge in [0.15, 0.2) is 0 Å². The lowest BCUT2D eigenvalue weighted by atomic mass is 9.95. The summed E-state index contributed by atoms with van der Waals surface area (Å²) >= 11 is 0. The molecule has 0 spiro atoms. The van der Waals surface area contributed by atoms with Gasteiger partial charge in [0.05, 0.1) is 22.1 Å². The molecule has 0 N–H and O–H groups in total. The average molecular weight is 721 g/mol. The third-order valence-electron chi connectivity index (χ3n) is 12.1. The van der Waals surface area contributed by atoms with Crippen molar-refractivity contribution < 1.29 is 0 Å². The fourth-order valence-electron chi connectivity index (χ4n) is 9.36. The number of hydrogen-bond donors (Lipinski definition) is 0. The molecule has 270 valence electrons. The number of nitrogens with zero attached hydrogens (tertiary/aromatic N) is 2. The van der Waals surface area contributed by atoms with E-state index >= 15 is 0 Å².